The molecule has 1 atom stereocenters. The quantitative estimate of drug-likeness (QED) is 0.619. The summed E-state index contributed by atoms with van der Waals surface area (Å²) in [5.41, 5.74) is 6.43. The molecule has 2 heteroatoms. The zero-order valence-electron chi connectivity index (χ0n) is 10.6. The summed E-state index contributed by atoms with van der Waals surface area (Å²) in [5, 5.41) is 0. The Hall–Kier alpha value is -2.09. The smallest absolute Gasteiger partial charge is 0.313 e. The van der Waals surface area contributed by atoms with Crippen molar-refractivity contribution in [2.45, 2.75) is 18.8 Å². The van der Waals surface area contributed by atoms with Crippen molar-refractivity contribution in [2.75, 3.05) is 6.61 Å². The van der Waals surface area contributed by atoms with E-state index in [1.54, 1.807) is 0 Å². The molecule has 1 aliphatic carbocycles. The number of esters is 1. The zero-order chi connectivity index (χ0) is 12.8. The van der Waals surface area contributed by atoms with Crippen molar-refractivity contribution in [3.8, 4) is 11.1 Å². The van der Waals surface area contributed by atoms with Gasteiger partial charge in [-0.3, -0.25) is 4.79 Å². The molecule has 1 heterocycles. The van der Waals surface area contributed by atoms with Gasteiger partial charge in [0.1, 0.15) is 0 Å². The SMILES string of the molecule is O=C1OCCC1c1cccc2c1Cc1ccccc1-2. The van der Waals surface area contributed by atoms with Gasteiger partial charge in [-0.25, -0.2) is 0 Å². The van der Waals surface area contributed by atoms with Crippen LogP contribution in [-0.2, 0) is 16.0 Å². The second-order valence-corrected chi connectivity index (χ2v) is 5.22. The normalized spacial score (nSPS) is 20.0. The molecular weight excluding hydrogens is 236 g/mol. The van der Waals surface area contributed by atoms with Crippen LogP contribution in [0.1, 0.15) is 29.0 Å². The number of hydrogen-bond acceptors (Lipinski definition) is 2. The number of benzene rings is 2. The number of cyclic esters (lactones) is 1. The summed E-state index contributed by atoms with van der Waals surface area (Å²) in [6.45, 7) is 0.556. The molecule has 0 saturated carbocycles. The van der Waals surface area contributed by atoms with Crippen LogP contribution in [0.5, 0.6) is 0 Å². The Morgan fingerprint density at radius 1 is 1.00 bits per heavy atom. The maximum Gasteiger partial charge on any atom is 0.313 e. The van der Waals surface area contributed by atoms with Gasteiger partial charge in [-0.05, 0) is 40.7 Å². The lowest BCUT2D eigenvalue weighted by atomic mass is 9.90. The maximum atomic E-state index is 11.8. The molecule has 0 radical (unpaired) electrons. The molecule has 4 rings (SSSR count). The Morgan fingerprint density at radius 3 is 2.68 bits per heavy atom. The Morgan fingerprint density at radius 2 is 1.84 bits per heavy atom. The Kier molecular flexibility index (Phi) is 2.25. The summed E-state index contributed by atoms with van der Waals surface area (Å²) in [7, 11) is 0. The Labute approximate surface area is 112 Å². The van der Waals surface area contributed by atoms with E-state index in [9.17, 15) is 4.79 Å². The summed E-state index contributed by atoms with van der Waals surface area (Å²) >= 11 is 0. The summed E-state index contributed by atoms with van der Waals surface area (Å²) in [6, 6.07) is 14.8. The van der Waals surface area contributed by atoms with E-state index in [0.29, 0.717) is 6.61 Å². The number of rotatable bonds is 1. The summed E-state index contributed by atoms with van der Waals surface area (Å²) in [4.78, 5) is 11.8. The highest BCUT2D eigenvalue weighted by molar-refractivity contribution is 5.84. The van der Waals surface area contributed by atoms with Gasteiger partial charge < -0.3 is 4.74 Å². The third kappa shape index (κ3) is 1.53. The first kappa shape index (κ1) is 10.8. The molecule has 2 aromatic rings. The van der Waals surface area contributed by atoms with Gasteiger partial charge in [0.05, 0.1) is 12.5 Å². The van der Waals surface area contributed by atoms with E-state index in [1.165, 1.54) is 22.3 Å². The molecule has 0 spiro atoms. The van der Waals surface area contributed by atoms with E-state index in [-0.39, 0.29) is 11.9 Å². The molecule has 0 aromatic heterocycles. The van der Waals surface area contributed by atoms with Gasteiger partial charge in [-0.1, -0.05) is 42.5 Å². The van der Waals surface area contributed by atoms with Gasteiger partial charge >= 0.3 is 5.97 Å². The largest absolute Gasteiger partial charge is 0.465 e. The first-order valence-electron chi connectivity index (χ1n) is 6.71. The highest BCUT2D eigenvalue weighted by atomic mass is 16.5. The van der Waals surface area contributed by atoms with Gasteiger partial charge in [0, 0.05) is 0 Å². The van der Waals surface area contributed by atoms with Crippen LogP contribution in [-0.4, -0.2) is 12.6 Å². The molecule has 1 unspecified atom stereocenters. The average molecular weight is 250 g/mol. The summed E-state index contributed by atoms with van der Waals surface area (Å²) in [6.07, 6.45) is 1.75. The lowest BCUT2D eigenvalue weighted by Crippen LogP contribution is -2.08. The van der Waals surface area contributed by atoms with E-state index in [2.05, 4.69) is 42.5 Å². The minimum absolute atomic E-state index is 0.0654. The fraction of sp³-hybridized carbons (Fsp3) is 0.235. The van der Waals surface area contributed by atoms with Gasteiger partial charge in [0.25, 0.3) is 0 Å². The Balaban J connectivity index is 1.87. The molecule has 1 saturated heterocycles. The van der Waals surface area contributed by atoms with Crippen LogP contribution < -0.4 is 0 Å². The minimum Gasteiger partial charge on any atom is -0.465 e. The maximum absolute atomic E-state index is 11.8. The van der Waals surface area contributed by atoms with E-state index in [1.807, 2.05) is 0 Å². The first-order chi connectivity index (χ1) is 9.34. The van der Waals surface area contributed by atoms with Crippen LogP contribution >= 0.6 is 0 Å². The fourth-order valence-corrected chi connectivity index (χ4v) is 3.29. The van der Waals surface area contributed by atoms with Crippen LogP contribution in [0.2, 0.25) is 0 Å². The van der Waals surface area contributed by atoms with Gasteiger partial charge in [-0.15, -0.1) is 0 Å². The second-order valence-electron chi connectivity index (χ2n) is 5.22. The number of ether oxygens (including phenoxy) is 1. The summed E-state index contributed by atoms with van der Waals surface area (Å²) < 4.78 is 5.12. The molecular formula is C17H14O2. The summed E-state index contributed by atoms with van der Waals surface area (Å²) in [5.74, 6) is -0.131. The van der Waals surface area contributed by atoms with Crippen LogP contribution in [0.3, 0.4) is 0 Å². The van der Waals surface area contributed by atoms with Crippen molar-refractivity contribution in [3.63, 3.8) is 0 Å². The second kappa shape index (κ2) is 3.95. The Bertz CT molecular complexity index is 673. The van der Waals surface area contributed by atoms with E-state index < -0.39 is 0 Å². The van der Waals surface area contributed by atoms with Crippen molar-refractivity contribution in [1.29, 1.82) is 0 Å². The highest BCUT2D eigenvalue weighted by Crippen LogP contribution is 2.41. The van der Waals surface area contributed by atoms with E-state index >= 15 is 0 Å². The van der Waals surface area contributed by atoms with Gasteiger partial charge in [0.15, 0.2) is 0 Å². The number of hydrogen-bond donors (Lipinski definition) is 0. The molecule has 2 aromatic carbocycles. The molecule has 2 aliphatic rings. The topological polar surface area (TPSA) is 26.3 Å². The van der Waals surface area contributed by atoms with Crippen molar-refractivity contribution in [1.82, 2.24) is 0 Å². The van der Waals surface area contributed by atoms with Crippen molar-refractivity contribution in [3.05, 3.63) is 59.2 Å². The first-order valence-corrected chi connectivity index (χ1v) is 6.71. The predicted molar refractivity (Wildman–Crippen MR) is 73.0 cm³/mol. The lowest BCUT2D eigenvalue weighted by Gasteiger charge is -2.11. The third-order valence-electron chi connectivity index (χ3n) is 4.20. The van der Waals surface area contributed by atoms with Crippen molar-refractivity contribution in [2.24, 2.45) is 0 Å². The molecule has 0 N–H and O–H groups in total. The minimum atomic E-state index is -0.0655. The van der Waals surface area contributed by atoms with Crippen LogP contribution in [0, 0.1) is 0 Å². The van der Waals surface area contributed by atoms with Crippen LogP contribution in [0.15, 0.2) is 42.5 Å². The van der Waals surface area contributed by atoms with Crippen LogP contribution in [0.4, 0.5) is 0 Å². The van der Waals surface area contributed by atoms with Gasteiger partial charge in [0.2, 0.25) is 0 Å². The van der Waals surface area contributed by atoms with E-state index in [0.717, 1.165) is 18.4 Å². The number of carbonyl (C=O) groups excluding carboxylic acids is 1. The third-order valence-corrected chi connectivity index (χ3v) is 4.20. The molecule has 94 valence electrons. The molecule has 2 nitrogen and oxygen atoms in total. The number of carbonyl (C=O) groups is 1. The average Bonchev–Trinajstić information content (AvgIpc) is 3.02. The van der Waals surface area contributed by atoms with Crippen molar-refractivity contribution >= 4 is 5.97 Å². The zero-order valence-corrected chi connectivity index (χ0v) is 10.6. The van der Waals surface area contributed by atoms with E-state index in [4.69, 9.17) is 4.74 Å². The standard InChI is InChI=1S/C17H14O2/c18-17-15(8-9-19-17)14-7-3-6-13-12-5-2-1-4-11(12)10-16(13)14/h1-7,15H,8-10H2. The lowest BCUT2D eigenvalue weighted by molar-refractivity contribution is -0.139. The van der Waals surface area contributed by atoms with Crippen molar-refractivity contribution < 1.29 is 9.53 Å². The molecule has 0 amide bonds. The molecule has 19 heavy (non-hydrogen) atoms. The molecule has 0 bridgehead atoms. The van der Waals surface area contributed by atoms with Gasteiger partial charge in [-0.2, -0.15) is 0 Å². The predicted octanol–water partition coefficient (Wildman–Crippen LogP) is 3.29. The fourth-order valence-electron chi connectivity index (χ4n) is 3.29. The monoisotopic (exact) mass is 250 g/mol. The molecule has 1 aliphatic heterocycles. The number of fused-ring (bicyclic) bond motifs is 3. The van der Waals surface area contributed by atoms with Crippen LogP contribution in [0.25, 0.3) is 11.1 Å². The highest BCUT2D eigenvalue weighted by Gasteiger charge is 2.32. The molecule has 1 fully saturated rings.